The van der Waals surface area contributed by atoms with Gasteiger partial charge >= 0.3 is 0 Å². The zero-order valence-electron chi connectivity index (χ0n) is 7.81. The van der Waals surface area contributed by atoms with Crippen molar-refractivity contribution in [2.45, 2.75) is 58.5 Å². The highest BCUT2D eigenvalue weighted by atomic mass is 16.6. The van der Waals surface area contributed by atoms with E-state index in [4.69, 9.17) is 10.7 Å². The lowest BCUT2D eigenvalue weighted by Gasteiger charge is -2.12. The smallest absolute Gasteiger partial charge is 0.0787 e. The maximum absolute atomic E-state index is 5.14. The quantitative estimate of drug-likeness (QED) is 0.458. The Kier molecular flexibility index (Phi) is 7.96. The summed E-state index contributed by atoms with van der Waals surface area (Å²) in [5, 5.41) is 0. The summed E-state index contributed by atoms with van der Waals surface area (Å²) in [7, 11) is 0. The summed E-state index contributed by atoms with van der Waals surface area (Å²) >= 11 is 0. The van der Waals surface area contributed by atoms with Crippen molar-refractivity contribution in [2.75, 3.05) is 0 Å². The minimum Gasteiger partial charge on any atom is -0.301 e. The first-order valence-corrected chi connectivity index (χ1v) is 4.70. The third-order valence-corrected chi connectivity index (χ3v) is 1.93. The number of rotatable bonds is 7. The second kappa shape index (κ2) is 8.02. The van der Waals surface area contributed by atoms with Crippen LogP contribution in [-0.4, -0.2) is 6.10 Å². The van der Waals surface area contributed by atoms with Gasteiger partial charge in [-0.2, -0.15) is 0 Å². The molecule has 0 radical (unpaired) electrons. The Bertz CT molecular complexity index is 76.0. The summed E-state index contributed by atoms with van der Waals surface area (Å²) in [6, 6.07) is 0. The highest BCUT2D eigenvalue weighted by molar-refractivity contribution is 4.55. The molecule has 0 saturated heterocycles. The van der Waals surface area contributed by atoms with Crippen LogP contribution in [0.3, 0.4) is 0 Å². The van der Waals surface area contributed by atoms with Crippen LogP contribution in [0.5, 0.6) is 0 Å². The molecule has 0 unspecified atom stereocenters. The van der Waals surface area contributed by atoms with Gasteiger partial charge in [-0.1, -0.05) is 39.5 Å². The van der Waals surface area contributed by atoms with E-state index < -0.39 is 0 Å². The first kappa shape index (κ1) is 10.9. The lowest BCUT2D eigenvalue weighted by molar-refractivity contribution is 0.0392. The monoisotopic (exact) mass is 159 g/mol. The zero-order chi connectivity index (χ0) is 8.53. The molecule has 0 aromatic heterocycles. The summed E-state index contributed by atoms with van der Waals surface area (Å²) in [4.78, 5) is 4.84. The van der Waals surface area contributed by atoms with Crippen molar-refractivity contribution < 1.29 is 4.84 Å². The van der Waals surface area contributed by atoms with Crippen molar-refractivity contribution in [1.82, 2.24) is 0 Å². The summed E-state index contributed by atoms with van der Waals surface area (Å²) in [6.07, 6.45) is 7.49. The molecule has 0 heterocycles. The Hall–Kier alpha value is -0.0800. The third-order valence-electron chi connectivity index (χ3n) is 1.93. The minimum absolute atomic E-state index is 0.298. The van der Waals surface area contributed by atoms with Crippen molar-refractivity contribution in [3.05, 3.63) is 0 Å². The number of nitrogens with two attached hydrogens (primary N) is 1. The van der Waals surface area contributed by atoms with Crippen molar-refractivity contribution in [2.24, 2.45) is 5.90 Å². The van der Waals surface area contributed by atoms with Gasteiger partial charge in [0.2, 0.25) is 0 Å². The normalized spacial score (nSPS) is 13.4. The number of hydrogen-bond acceptors (Lipinski definition) is 2. The molecule has 68 valence electrons. The van der Waals surface area contributed by atoms with Crippen LogP contribution >= 0.6 is 0 Å². The minimum atomic E-state index is 0.298. The Morgan fingerprint density at radius 3 is 2.27 bits per heavy atom. The van der Waals surface area contributed by atoms with Crippen LogP contribution in [0.2, 0.25) is 0 Å². The van der Waals surface area contributed by atoms with Crippen LogP contribution in [0.4, 0.5) is 0 Å². The standard InChI is InChI=1S/C9H21NO/c1-3-5-6-8-9(11-10)7-4-2/h9H,3-8,10H2,1-2H3/t9-/m1/s1. The van der Waals surface area contributed by atoms with Crippen LogP contribution in [0.15, 0.2) is 0 Å². The van der Waals surface area contributed by atoms with Gasteiger partial charge in [-0.25, -0.2) is 5.90 Å². The van der Waals surface area contributed by atoms with Gasteiger partial charge in [-0.05, 0) is 12.8 Å². The van der Waals surface area contributed by atoms with Gasteiger partial charge in [-0.3, -0.25) is 0 Å². The van der Waals surface area contributed by atoms with Crippen LogP contribution < -0.4 is 5.90 Å². The van der Waals surface area contributed by atoms with Crippen molar-refractivity contribution >= 4 is 0 Å². The Labute approximate surface area is 70.1 Å². The van der Waals surface area contributed by atoms with Gasteiger partial charge in [0, 0.05) is 0 Å². The molecule has 0 aliphatic carbocycles. The van der Waals surface area contributed by atoms with E-state index in [1.165, 1.54) is 19.3 Å². The van der Waals surface area contributed by atoms with E-state index in [9.17, 15) is 0 Å². The molecule has 0 amide bonds. The molecule has 0 saturated carbocycles. The maximum atomic E-state index is 5.14. The fraction of sp³-hybridized carbons (Fsp3) is 1.00. The summed E-state index contributed by atoms with van der Waals surface area (Å²) in [5.74, 6) is 5.14. The second-order valence-corrected chi connectivity index (χ2v) is 3.04. The van der Waals surface area contributed by atoms with E-state index in [1.54, 1.807) is 0 Å². The molecular weight excluding hydrogens is 138 g/mol. The first-order valence-electron chi connectivity index (χ1n) is 4.70. The average Bonchev–Trinajstić information content (AvgIpc) is 2.03. The van der Waals surface area contributed by atoms with E-state index in [0.29, 0.717) is 6.10 Å². The molecule has 0 fully saturated rings. The van der Waals surface area contributed by atoms with E-state index >= 15 is 0 Å². The molecule has 0 aliphatic heterocycles. The largest absolute Gasteiger partial charge is 0.301 e. The predicted molar refractivity (Wildman–Crippen MR) is 48.1 cm³/mol. The molecule has 1 atom stereocenters. The number of hydrogen-bond donors (Lipinski definition) is 1. The molecule has 0 aliphatic rings. The predicted octanol–water partition coefficient (Wildman–Crippen LogP) is 2.63. The molecule has 0 rings (SSSR count). The molecular formula is C9H21NO. The van der Waals surface area contributed by atoms with E-state index in [-0.39, 0.29) is 0 Å². The summed E-state index contributed by atoms with van der Waals surface area (Å²) in [5.41, 5.74) is 0. The van der Waals surface area contributed by atoms with Crippen LogP contribution in [0.1, 0.15) is 52.4 Å². The molecule has 0 aromatic rings. The van der Waals surface area contributed by atoms with Crippen molar-refractivity contribution in [3.8, 4) is 0 Å². The molecule has 0 spiro atoms. The van der Waals surface area contributed by atoms with Gasteiger partial charge in [0.1, 0.15) is 0 Å². The molecule has 2 N–H and O–H groups in total. The summed E-state index contributed by atoms with van der Waals surface area (Å²) in [6.45, 7) is 4.37. The SMILES string of the molecule is CCCCC[C@@H](CCC)ON. The van der Waals surface area contributed by atoms with Crippen LogP contribution in [-0.2, 0) is 4.84 Å². The van der Waals surface area contributed by atoms with Crippen LogP contribution in [0, 0.1) is 0 Å². The van der Waals surface area contributed by atoms with Gasteiger partial charge in [0.05, 0.1) is 6.10 Å². The lowest BCUT2D eigenvalue weighted by Crippen LogP contribution is -2.16. The van der Waals surface area contributed by atoms with Crippen molar-refractivity contribution in [3.63, 3.8) is 0 Å². The Morgan fingerprint density at radius 1 is 1.09 bits per heavy atom. The molecule has 0 bridgehead atoms. The second-order valence-electron chi connectivity index (χ2n) is 3.04. The molecule has 0 aromatic carbocycles. The fourth-order valence-electron chi connectivity index (χ4n) is 1.22. The summed E-state index contributed by atoms with van der Waals surface area (Å²) < 4.78 is 0. The van der Waals surface area contributed by atoms with E-state index in [2.05, 4.69) is 13.8 Å². The van der Waals surface area contributed by atoms with Gasteiger partial charge in [0.25, 0.3) is 0 Å². The van der Waals surface area contributed by atoms with Crippen LogP contribution in [0.25, 0.3) is 0 Å². The van der Waals surface area contributed by atoms with E-state index in [0.717, 1.165) is 19.3 Å². The lowest BCUT2D eigenvalue weighted by atomic mass is 10.1. The fourth-order valence-corrected chi connectivity index (χ4v) is 1.22. The van der Waals surface area contributed by atoms with Gasteiger partial charge in [-0.15, -0.1) is 0 Å². The highest BCUT2D eigenvalue weighted by Crippen LogP contribution is 2.09. The third kappa shape index (κ3) is 6.32. The maximum Gasteiger partial charge on any atom is 0.0787 e. The number of unbranched alkanes of at least 4 members (excludes halogenated alkanes) is 2. The molecule has 2 nitrogen and oxygen atoms in total. The molecule has 11 heavy (non-hydrogen) atoms. The molecule has 2 heteroatoms. The zero-order valence-corrected chi connectivity index (χ0v) is 7.81. The Balaban J connectivity index is 3.20. The Morgan fingerprint density at radius 2 is 1.82 bits per heavy atom. The van der Waals surface area contributed by atoms with Gasteiger partial charge < -0.3 is 4.84 Å². The average molecular weight is 159 g/mol. The topological polar surface area (TPSA) is 35.2 Å². The van der Waals surface area contributed by atoms with Gasteiger partial charge in [0.15, 0.2) is 0 Å². The first-order chi connectivity index (χ1) is 5.35. The highest BCUT2D eigenvalue weighted by Gasteiger charge is 2.04. The van der Waals surface area contributed by atoms with Crippen molar-refractivity contribution in [1.29, 1.82) is 0 Å². The van der Waals surface area contributed by atoms with E-state index in [1.807, 2.05) is 0 Å².